The summed E-state index contributed by atoms with van der Waals surface area (Å²) in [6.45, 7) is 0.431. The molecule has 0 amide bonds. The van der Waals surface area contributed by atoms with Crippen molar-refractivity contribution in [3.8, 4) is 23.0 Å². The SMILES string of the molecule is COC(=O)c1cc(OC)c(OCc2ccc(F)cc2)cn1.COc1cc(C(=O)O)ncc1OCc1ccc(F)cc1. The molecular formula is C29H26F2N2O8. The lowest BCUT2D eigenvalue weighted by molar-refractivity contribution is 0.0592. The van der Waals surface area contributed by atoms with Gasteiger partial charge in [0.1, 0.15) is 24.8 Å². The zero-order chi connectivity index (χ0) is 29.8. The Morgan fingerprint density at radius 3 is 1.49 bits per heavy atom. The summed E-state index contributed by atoms with van der Waals surface area (Å²) in [5, 5.41) is 8.84. The van der Waals surface area contributed by atoms with Crippen molar-refractivity contribution in [2.24, 2.45) is 0 Å². The second-order valence-electron chi connectivity index (χ2n) is 8.07. The number of pyridine rings is 2. The van der Waals surface area contributed by atoms with Crippen molar-refractivity contribution < 1.29 is 47.2 Å². The fraction of sp³-hybridized carbons (Fsp3) is 0.172. The maximum absolute atomic E-state index is 12.8. The van der Waals surface area contributed by atoms with Gasteiger partial charge in [-0.15, -0.1) is 0 Å². The maximum Gasteiger partial charge on any atom is 0.356 e. The minimum absolute atomic E-state index is 0.128. The number of hydrogen-bond donors (Lipinski definition) is 1. The van der Waals surface area contributed by atoms with Crippen LogP contribution in [0.1, 0.15) is 32.1 Å². The topological polar surface area (TPSA) is 126 Å². The number of carbonyl (C=O) groups excluding carboxylic acids is 1. The molecule has 0 atom stereocenters. The zero-order valence-electron chi connectivity index (χ0n) is 22.3. The van der Waals surface area contributed by atoms with E-state index in [1.807, 2.05) is 0 Å². The van der Waals surface area contributed by atoms with E-state index in [0.29, 0.717) is 17.2 Å². The summed E-state index contributed by atoms with van der Waals surface area (Å²) in [6, 6.07) is 14.5. The van der Waals surface area contributed by atoms with Crippen molar-refractivity contribution in [2.45, 2.75) is 13.2 Å². The number of ether oxygens (including phenoxy) is 5. The van der Waals surface area contributed by atoms with Crippen molar-refractivity contribution >= 4 is 11.9 Å². The average molecular weight is 569 g/mol. The van der Waals surface area contributed by atoms with E-state index in [1.165, 1.54) is 70.1 Å². The Bertz CT molecular complexity index is 1470. The van der Waals surface area contributed by atoms with Gasteiger partial charge in [-0.1, -0.05) is 24.3 Å². The Morgan fingerprint density at radius 1 is 0.683 bits per heavy atom. The first-order chi connectivity index (χ1) is 19.7. The molecular weight excluding hydrogens is 542 g/mol. The fourth-order valence-corrected chi connectivity index (χ4v) is 3.20. The first-order valence-electron chi connectivity index (χ1n) is 11.9. The first-order valence-corrected chi connectivity index (χ1v) is 11.9. The molecule has 2 aromatic carbocycles. The number of rotatable bonds is 10. The molecule has 0 aliphatic carbocycles. The van der Waals surface area contributed by atoms with Gasteiger partial charge in [-0.05, 0) is 35.4 Å². The third kappa shape index (κ3) is 8.88. The minimum Gasteiger partial charge on any atom is -0.493 e. The van der Waals surface area contributed by atoms with Gasteiger partial charge >= 0.3 is 11.9 Å². The summed E-state index contributed by atoms with van der Waals surface area (Å²) in [7, 11) is 4.14. The van der Waals surface area contributed by atoms with E-state index < -0.39 is 11.9 Å². The number of methoxy groups -OCH3 is 3. The number of carboxylic acids is 1. The highest BCUT2D eigenvalue weighted by molar-refractivity contribution is 5.87. The number of benzene rings is 2. The number of halogens is 2. The van der Waals surface area contributed by atoms with Crippen LogP contribution in [0.2, 0.25) is 0 Å². The van der Waals surface area contributed by atoms with Crippen molar-refractivity contribution in [3.05, 3.63) is 107 Å². The van der Waals surface area contributed by atoms with E-state index >= 15 is 0 Å². The molecule has 0 saturated carbocycles. The molecule has 1 N–H and O–H groups in total. The van der Waals surface area contributed by atoms with Crippen molar-refractivity contribution in [2.75, 3.05) is 21.3 Å². The standard InChI is InChI=1S/C15H14FNO4.C14H12FNO4/c1-19-13-7-12(15(18)20-2)17-8-14(13)21-9-10-3-5-11(16)6-4-10;1-19-12-6-11(14(17)18)16-7-13(12)20-8-9-2-4-10(15)5-3-9/h3-8H,9H2,1-2H3;2-7H,8H2,1H3,(H,17,18). The third-order valence-corrected chi connectivity index (χ3v) is 5.33. The Morgan fingerprint density at radius 2 is 1.10 bits per heavy atom. The molecule has 4 rings (SSSR count). The minimum atomic E-state index is -1.15. The molecule has 41 heavy (non-hydrogen) atoms. The number of carbonyl (C=O) groups is 2. The summed E-state index contributed by atoms with van der Waals surface area (Å²) in [4.78, 5) is 29.9. The molecule has 0 aliphatic rings. The van der Waals surface area contributed by atoms with Gasteiger partial charge < -0.3 is 28.8 Å². The number of aromatic nitrogens is 2. The van der Waals surface area contributed by atoms with Crippen LogP contribution in [0.25, 0.3) is 0 Å². The predicted molar refractivity (Wildman–Crippen MR) is 141 cm³/mol. The highest BCUT2D eigenvalue weighted by Gasteiger charge is 2.14. The number of esters is 1. The molecule has 0 aliphatic heterocycles. The van der Waals surface area contributed by atoms with Crippen molar-refractivity contribution in [1.82, 2.24) is 9.97 Å². The number of aromatic carboxylic acids is 1. The van der Waals surface area contributed by atoms with Gasteiger partial charge in [-0.2, -0.15) is 0 Å². The maximum atomic E-state index is 12.8. The molecule has 0 saturated heterocycles. The number of nitrogens with zero attached hydrogens (tertiary/aromatic N) is 2. The monoisotopic (exact) mass is 568 g/mol. The van der Waals surface area contributed by atoms with Gasteiger partial charge in [-0.25, -0.2) is 28.3 Å². The Labute approximate surface area is 234 Å². The molecule has 0 spiro atoms. The second kappa shape index (κ2) is 14.8. The molecule has 10 nitrogen and oxygen atoms in total. The molecule has 0 bridgehead atoms. The first kappa shape index (κ1) is 30.3. The molecule has 2 heterocycles. The lowest BCUT2D eigenvalue weighted by atomic mass is 10.2. The Kier molecular flexibility index (Phi) is 10.9. The van der Waals surface area contributed by atoms with Gasteiger partial charge in [0.25, 0.3) is 0 Å². The average Bonchev–Trinajstić information content (AvgIpc) is 3.00. The van der Waals surface area contributed by atoms with E-state index in [0.717, 1.165) is 11.1 Å². The molecule has 4 aromatic rings. The van der Waals surface area contributed by atoms with Crippen LogP contribution in [0.15, 0.2) is 73.1 Å². The normalized spacial score (nSPS) is 10.1. The zero-order valence-corrected chi connectivity index (χ0v) is 22.3. The predicted octanol–water partition coefficient (Wildman–Crippen LogP) is 5.10. The van der Waals surface area contributed by atoms with Gasteiger partial charge in [-0.3, -0.25) is 0 Å². The highest BCUT2D eigenvalue weighted by Crippen LogP contribution is 2.28. The van der Waals surface area contributed by atoms with Crippen LogP contribution in [0.5, 0.6) is 23.0 Å². The van der Waals surface area contributed by atoms with Crippen LogP contribution in [0.4, 0.5) is 8.78 Å². The summed E-state index contributed by atoms with van der Waals surface area (Å²) >= 11 is 0. The highest BCUT2D eigenvalue weighted by atomic mass is 19.1. The molecule has 0 fully saturated rings. The third-order valence-electron chi connectivity index (χ3n) is 5.33. The number of carboxylic acid groups (broad SMARTS) is 1. The van der Waals surface area contributed by atoms with E-state index in [9.17, 15) is 18.4 Å². The van der Waals surface area contributed by atoms with Gasteiger partial charge in [0.05, 0.1) is 33.7 Å². The van der Waals surface area contributed by atoms with Gasteiger partial charge in [0, 0.05) is 12.1 Å². The van der Waals surface area contributed by atoms with Crippen molar-refractivity contribution in [3.63, 3.8) is 0 Å². The van der Waals surface area contributed by atoms with E-state index in [1.54, 1.807) is 24.3 Å². The van der Waals surface area contributed by atoms with E-state index in [2.05, 4.69) is 14.7 Å². The van der Waals surface area contributed by atoms with Crippen LogP contribution >= 0.6 is 0 Å². The molecule has 214 valence electrons. The second-order valence-corrected chi connectivity index (χ2v) is 8.07. The lowest BCUT2D eigenvalue weighted by Crippen LogP contribution is -2.06. The van der Waals surface area contributed by atoms with Crippen LogP contribution in [-0.2, 0) is 18.0 Å². The lowest BCUT2D eigenvalue weighted by Gasteiger charge is -2.11. The largest absolute Gasteiger partial charge is 0.493 e. The van der Waals surface area contributed by atoms with E-state index in [4.69, 9.17) is 24.1 Å². The quantitative estimate of drug-likeness (QED) is 0.258. The molecule has 12 heteroatoms. The number of hydrogen-bond acceptors (Lipinski definition) is 9. The fourth-order valence-electron chi connectivity index (χ4n) is 3.20. The van der Waals surface area contributed by atoms with Crippen LogP contribution in [-0.4, -0.2) is 48.3 Å². The summed E-state index contributed by atoms with van der Waals surface area (Å²) < 4.78 is 51.4. The van der Waals surface area contributed by atoms with Crippen LogP contribution < -0.4 is 18.9 Å². The van der Waals surface area contributed by atoms with E-state index in [-0.39, 0.29) is 42.0 Å². The Balaban J connectivity index is 0.000000226. The van der Waals surface area contributed by atoms with Crippen LogP contribution in [0, 0.1) is 11.6 Å². The van der Waals surface area contributed by atoms with Gasteiger partial charge in [0.2, 0.25) is 0 Å². The van der Waals surface area contributed by atoms with Crippen molar-refractivity contribution in [1.29, 1.82) is 0 Å². The Hall–Kier alpha value is -5.26. The molecule has 0 unspecified atom stereocenters. The molecule has 2 aromatic heterocycles. The summed E-state index contributed by atoms with van der Waals surface area (Å²) in [6.07, 6.45) is 2.67. The summed E-state index contributed by atoms with van der Waals surface area (Å²) in [5.74, 6) is -0.977. The summed E-state index contributed by atoms with van der Waals surface area (Å²) in [5.41, 5.74) is 1.57. The van der Waals surface area contributed by atoms with Gasteiger partial charge in [0.15, 0.2) is 34.4 Å². The smallest absolute Gasteiger partial charge is 0.356 e. The van der Waals surface area contributed by atoms with Crippen LogP contribution in [0.3, 0.4) is 0 Å². The molecule has 0 radical (unpaired) electrons.